The van der Waals surface area contributed by atoms with Gasteiger partial charge in [0.15, 0.2) is 0 Å². The number of pyridine rings is 1. The standard InChI is InChI=1S/C24H26ClF3N4O3S/c1-2-19-21(32-12-18(25)7-8-20(32)30-19)22(33)29-11-15-3-5-16(6-4-15)17-9-23(10-17)13-31(14-23)36(34,35)24(26,27)28/h3-8,12,17,34-35H,2,9-11,13-14H2,1H3,(H,29,33). The van der Waals surface area contributed by atoms with Crippen LogP contribution >= 0.6 is 22.4 Å². The third kappa shape index (κ3) is 4.37. The first-order valence-corrected chi connectivity index (χ1v) is 13.4. The van der Waals surface area contributed by atoms with Crippen molar-refractivity contribution in [2.75, 3.05) is 13.1 Å². The number of nitrogens with zero attached hydrogens (tertiary/aromatic N) is 3. The second-order valence-electron chi connectivity index (χ2n) is 9.63. The van der Waals surface area contributed by atoms with Crippen molar-refractivity contribution in [2.24, 2.45) is 5.41 Å². The zero-order valence-corrected chi connectivity index (χ0v) is 21.0. The van der Waals surface area contributed by atoms with E-state index in [4.69, 9.17) is 11.6 Å². The van der Waals surface area contributed by atoms with E-state index >= 15 is 0 Å². The lowest BCUT2D eigenvalue weighted by Crippen LogP contribution is -2.63. The summed E-state index contributed by atoms with van der Waals surface area (Å²) in [6.45, 7) is 2.36. The summed E-state index contributed by atoms with van der Waals surface area (Å²) in [4.78, 5) is 17.5. The molecule has 2 fully saturated rings. The van der Waals surface area contributed by atoms with Gasteiger partial charge in [-0.1, -0.05) is 42.8 Å². The Morgan fingerprint density at radius 1 is 1.19 bits per heavy atom. The van der Waals surface area contributed by atoms with Crippen LogP contribution in [0.5, 0.6) is 0 Å². The van der Waals surface area contributed by atoms with Crippen molar-refractivity contribution in [2.45, 2.75) is 44.2 Å². The first kappa shape index (κ1) is 25.3. The van der Waals surface area contributed by atoms with Crippen LogP contribution in [-0.4, -0.2) is 47.3 Å². The Balaban J connectivity index is 1.17. The molecule has 2 aliphatic rings. The summed E-state index contributed by atoms with van der Waals surface area (Å²) in [5, 5.41) is 3.45. The fourth-order valence-electron chi connectivity index (χ4n) is 5.24. The van der Waals surface area contributed by atoms with Gasteiger partial charge in [0.05, 0.1) is 10.7 Å². The maximum atomic E-state index is 13.0. The van der Waals surface area contributed by atoms with E-state index in [0.29, 0.717) is 47.9 Å². The molecule has 1 spiro atoms. The molecule has 3 N–H and O–H groups in total. The second-order valence-corrected chi connectivity index (χ2v) is 12.1. The average Bonchev–Trinajstić information content (AvgIpc) is 3.13. The monoisotopic (exact) mass is 542 g/mol. The summed E-state index contributed by atoms with van der Waals surface area (Å²) in [6, 6.07) is 11.3. The number of carbonyl (C=O) groups is 1. The van der Waals surface area contributed by atoms with Gasteiger partial charge in [-0.15, -0.1) is 0 Å². The molecule has 2 aromatic heterocycles. The third-order valence-electron chi connectivity index (χ3n) is 7.16. The largest absolute Gasteiger partial charge is 0.510 e. The van der Waals surface area contributed by atoms with Crippen LogP contribution in [0, 0.1) is 5.41 Å². The van der Waals surface area contributed by atoms with Gasteiger partial charge in [-0.05, 0) is 59.2 Å². The Hall–Kier alpha value is -2.31. The van der Waals surface area contributed by atoms with Crippen molar-refractivity contribution in [3.8, 4) is 0 Å². The third-order valence-corrected chi connectivity index (χ3v) is 8.98. The van der Waals surface area contributed by atoms with E-state index in [2.05, 4.69) is 10.3 Å². The van der Waals surface area contributed by atoms with Crippen LogP contribution in [0.3, 0.4) is 0 Å². The predicted octanol–water partition coefficient (Wildman–Crippen LogP) is 5.84. The van der Waals surface area contributed by atoms with E-state index in [0.717, 1.165) is 15.4 Å². The molecule has 194 valence electrons. The number of nitrogens with one attached hydrogen (secondary N) is 1. The van der Waals surface area contributed by atoms with Crippen LogP contribution < -0.4 is 5.32 Å². The molecule has 3 heterocycles. The molecule has 1 aliphatic carbocycles. The molecule has 3 aromatic rings. The van der Waals surface area contributed by atoms with E-state index in [-0.39, 0.29) is 30.3 Å². The number of benzene rings is 1. The second kappa shape index (κ2) is 8.91. The number of carbonyl (C=O) groups excluding carboxylic acids is 1. The topological polar surface area (TPSA) is 90.1 Å². The van der Waals surface area contributed by atoms with Crippen LogP contribution in [0.4, 0.5) is 13.2 Å². The summed E-state index contributed by atoms with van der Waals surface area (Å²) in [5.41, 5.74) is -1.50. The van der Waals surface area contributed by atoms with Crippen LogP contribution in [0.2, 0.25) is 5.02 Å². The summed E-state index contributed by atoms with van der Waals surface area (Å²) >= 11 is 6.10. The summed E-state index contributed by atoms with van der Waals surface area (Å²) in [5.74, 6) is -0.0236. The smallest absolute Gasteiger partial charge is 0.347 e. The zero-order valence-electron chi connectivity index (χ0n) is 19.4. The van der Waals surface area contributed by atoms with E-state index in [1.807, 2.05) is 31.2 Å². The number of rotatable bonds is 6. The van der Waals surface area contributed by atoms with Crippen molar-refractivity contribution in [1.82, 2.24) is 19.0 Å². The quantitative estimate of drug-likeness (QED) is 0.364. The number of fused-ring (bicyclic) bond motifs is 1. The molecule has 1 saturated heterocycles. The predicted molar refractivity (Wildman–Crippen MR) is 132 cm³/mol. The van der Waals surface area contributed by atoms with Gasteiger partial charge in [0, 0.05) is 31.2 Å². The van der Waals surface area contributed by atoms with Gasteiger partial charge in [-0.3, -0.25) is 18.3 Å². The Labute approximate surface area is 212 Å². The molecule has 0 radical (unpaired) electrons. The summed E-state index contributed by atoms with van der Waals surface area (Å²) < 4.78 is 59.9. The highest BCUT2D eigenvalue weighted by Gasteiger charge is 2.61. The average molecular weight is 543 g/mol. The highest BCUT2D eigenvalue weighted by molar-refractivity contribution is 8.23. The van der Waals surface area contributed by atoms with Crippen LogP contribution in [0.15, 0.2) is 42.6 Å². The Morgan fingerprint density at radius 2 is 1.86 bits per heavy atom. The Bertz CT molecular complexity index is 1300. The normalized spacial score (nSPS) is 18.8. The molecule has 5 rings (SSSR count). The van der Waals surface area contributed by atoms with Crippen molar-refractivity contribution in [3.63, 3.8) is 0 Å². The van der Waals surface area contributed by atoms with Gasteiger partial charge in [0.2, 0.25) is 0 Å². The number of halogens is 4. The lowest BCUT2D eigenvalue weighted by atomic mass is 9.57. The first-order chi connectivity index (χ1) is 16.9. The van der Waals surface area contributed by atoms with E-state index < -0.39 is 16.3 Å². The number of aromatic nitrogens is 2. The number of hydrogen-bond acceptors (Lipinski definition) is 5. The lowest BCUT2D eigenvalue weighted by Gasteiger charge is -2.63. The molecule has 1 aromatic carbocycles. The molecule has 36 heavy (non-hydrogen) atoms. The van der Waals surface area contributed by atoms with Crippen LogP contribution in [0.25, 0.3) is 5.65 Å². The Morgan fingerprint density at radius 3 is 2.47 bits per heavy atom. The fourth-order valence-corrected chi connectivity index (χ4v) is 6.60. The number of amides is 1. The van der Waals surface area contributed by atoms with Crippen molar-refractivity contribution in [1.29, 1.82) is 0 Å². The SMILES string of the molecule is CCc1nc2ccc(Cl)cn2c1C(=O)NCc1ccc(C2CC3(C2)CN(S(O)(O)C(F)(F)F)C3)cc1. The molecular formula is C24H26ClF3N4O3S. The van der Waals surface area contributed by atoms with E-state index in [9.17, 15) is 27.1 Å². The minimum atomic E-state index is -5.03. The van der Waals surface area contributed by atoms with Crippen LogP contribution in [-0.2, 0) is 13.0 Å². The van der Waals surface area contributed by atoms with Gasteiger partial charge < -0.3 is 5.32 Å². The summed E-state index contributed by atoms with van der Waals surface area (Å²) in [6.07, 6.45) is 3.70. The molecule has 12 heteroatoms. The highest BCUT2D eigenvalue weighted by Crippen LogP contribution is 2.67. The molecule has 1 saturated carbocycles. The van der Waals surface area contributed by atoms with Gasteiger partial charge in [0.25, 0.3) is 5.91 Å². The molecule has 1 aliphatic heterocycles. The lowest BCUT2D eigenvalue weighted by molar-refractivity contribution is -0.0832. The molecule has 1 amide bonds. The molecule has 0 unspecified atom stereocenters. The minimum absolute atomic E-state index is 0.0453. The first-order valence-electron chi connectivity index (χ1n) is 11.6. The van der Waals surface area contributed by atoms with Gasteiger partial charge >= 0.3 is 5.51 Å². The molecule has 7 nitrogen and oxygen atoms in total. The van der Waals surface area contributed by atoms with Gasteiger partial charge in [-0.2, -0.15) is 17.5 Å². The van der Waals surface area contributed by atoms with Crippen molar-refractivity contribution < 1.29 is 27.1 Å². The number of imidazole rings is 1. The van der Waals surface area contributed by atoms with E-state index in [1.54, 1.807) is 22.7 Å². The molecular weight excluding hydrogens is 517 g/mol. The minimum Gasteiger partial charge on any atom is -0.347 e. The number of hydrogen-bond donors (Lipinski definition) is 3. The highest BCUT2D eigenvalue weighted by atomic mass is 35.5. The van der Waals surface area contributed by atoms with Crippen LogP contribution in [0.1, 0.15) is 53.0 Å². The molecule has 0 atom stereocenters. The van der Waals surface area contributed by atoms with Gasteiger partial charge in [-0.25, -0.2) is 4.98 Å². The van der Waals surface area contributed by atoms with E-state index in [1.165, 1.54) is 0 Å². The number of alkyl halides is 3. The van der Waals surface area contributed by atoms with Gasteiger partial charge in [0.1, 0.15) is 11.3 Å². The zero-order chi connectivity index (χ0) is 25.9. The number of aryl methyl sites for hydroxylation is 1. The summed E-state index contributed by atoms with van der Waals surface area (Å²) in [7, 11) is -4.74. The maximum Gasteiger partial charge on any atom is 0.510 e. The maximum absolute atomic E-state index is 13.0. The van der Waals surface area contributed by atoms with Crippen molar-refractivity contribution >= 4 is 33.9 Å². The molecule has 0 bridgehead atoms. The van der Waals surface area contributed by atoms with Crippen molar-refractivity contribution in [3.05, 3.63) is 70.1 Å². The fraction of sp³-hybridized carbons (Fsp3) is 0.417. The Kier molecular flexibility index (Phi) is 6.27.